The number of methoxy groups -OCH3 is 1. The number of ether oxygens (including phenoxy) is 1. The number of carboxylic acids is 1. The first-order chi connectivity index (χ1) is 10.0. The quantitative estimate of drug-likeness (QED) is 0.841. The van der Waals surface area contributed by atoms with Gasteiger partial charge in [0, 0.05) is 17.6 Å². The monoisotopic (exact) mass is 290 g/mol. The summed E-state index contributed by atoms with van der Waals surface area (Å²) >= 11 is 0. The molecule has 21 heavy (non-hydrogen) atoms. The van der Waals surface area contributed by atoms with Crippen molar-refractivity contribution in [1.82, 2.24) is 4.98 Å². The summed E-state index contributed by atoms with van der Waals surface area (Å²) in [6.07, 6.45) is 1.40. The van der Waals surface area contributed by atoms with E-state index in [1.165, 1.54) is 25.4 Å². The molecule has 0 bridgehead atoms. The van der Waals surface area contributed by atoms with Gasteiger partial charge in [-0.3, -0.25) is 0 Å². The van der Waals surface area contributed by atoms with Crippen molar-refractivity contribution in [3.63, 3.8) is 0 Å². The van der Waals surface area contributed by atoms with Gasteiger partial charge in [0.25, 0.3) is 0 Å². The van der Waals surface area contributed by atoms with E-state index >= 15 is 0 Å². The Morgan fingerprint density at radius 2 is 1.95 bits per heavy atom. The van der Waals surface area contributed by atoms with E-state index in [1.807, 2.05) is 0 Å². The van der Waals surface area contributed by atoms with Crippen molar-refractivity contribution in [2.45, 2.75) is 0 Å². The van der Waals surface area contributed by atoms with Gasteiger partial charge in [-0.1, -0.05) is 0 Å². The second-order valence-corrected chi connectivity index (χ2v) is 4.05. The molecule has 6 nitrogen and oxygen atoms in total. The van der Waals surface area contributed by atoms with Crippen LogP contribution in [0.1, 0.15) is 20.8 Å². The number of anilines is 2. The molecule has 0 fully saturated rings. The molecule has 0 aliphatic carbocycles. The van der Waals surface area contributed by atoms with E-state index in [4.69, 9.17) is 5.11 Å². The zero-order valence-electron chi connectivity index (χ0n) is 11.0. The van der Waals surface area contributed by atoms with Gasteiger partial charge in [-0.15, -0.1) is 0 Å². The lowest BCUT2D eigenvalue weighted by Crippen LogP contribution is -2.05. The normalized spacial score (nSPS) is 10.0. The molecular weight excluding hydrogens is 279 g/mol. The number of nitrogens with zero attached hydrogens (tertiary/aromatic N) is 1. The minimum absolute atomic E-state index is 0.102. The molecule has 2 aromatic rings. The third-order valence-electron chi connectivity index (χ3n) is 2.64. The summed E-state index contributed by atoms with van der Waals surface area (Å²) < 4.78 is 18.1. The minimum atomic E-state index is -1.34. The number of aromatic nitrogens is 1. The van der Waals surface area contributed by atoms with Crippen LogP contribution < -0.4 is 5.32 Å². The predicted molar refractivity (Wildman–Crippen MR) is 72.2 cm³/mol. The number of carbonyl (C=O) groups is 2. The van der Waals surface area contributed by atoms with E-state index in [1.54, 1.807) is 6.07 Å². The lowest BCUT2D eigenvalue weighted by molar-refractivity contribution is 0.0593. The number of esters is 1. The molecule has 2 rings (SSSR count). The maximum absolute atomic E-state index is 13.6. The van der Waals surface area contributed by atoms with Gasteiger partial charge in [-0.2, -0.15) is 0 Å². The van der Waals surface area contributed by atoms with Crippen LogP contribution in [0.3, 0.4) is 0 Å². The first-order valence-electron chi connectivity index (χ1n) is 5.85. The molecule has 0 atom stereocenters. The Labute approximate surface area is 119 Å². The number of pyridine rings is 1. The third kappa shape index (κ3) is 3.33. The Morgan fingerprint density at radius 3 is 2.57 bits per heavy atom. The number of carbonyl (C=O) groups excluding carboxylic acids is 1. The second-order valence-electron chi connectivity index (χ2n) is 4.05. The standard InChI is InChI=1S/C14H11FN2O4/c1-21-14(20)12-7-9(4-5-16-12)17-8-2-3-10(13(18)19)11(15)6-8/h2-7H,1H3,(H,16,17)(H,18,19). The number of carboxylic acid groups (broad SMARTS) is 1. The lowest BCUT2D eigenvalue weighted by Gasteiger charge is -2.08. The highest BCUT2D eigenvalue weighted by molar-refractivity contribution is 5.89. The van der Waals surface area contributed by atoms with E-state index in [-0.39, 0.29) is 5.69 Å². The van der Waals surface area contributed by atoms with Crippen molar-refractivity contribution in [2.24, 2.45) is 0 Å². The molecule has 0 aliphatic heterocycles. The summed E-state index contributed by atoms with van der Waals surface area (Å²) in [5, 5.41) is 11.6. The zero-order chi connectivity index (χ0) is 15.4. The number of nitrogens with one attached hydrogen (secondary N) is 1. The van der Waals surface area contributed by atoms with E-state index in [0.717, 1.165) is 12.1 Å². The van der Waals surface area contributed by atoms with Crippen LogP contribution in [0.25, 0.3) is 0 Å². The Kier molecular flexibility index (Phi) is 4.13. The fourth-order valence-electron chi connectivity index (χ4n) is 1.66. The number of benzene rings is 1. The van der Waals surface area contributed by atoms with Gasteiger partial charge >= 0.3 is 11.9 Å². The number of hydrogen-bond acceptors (Lipinski definition) is 5. The molecule has 1 aromatic heterocycles. The van der Waals surface area contributed by atoms with Crippen LogP contribution >= 0.6 is 0 Å². The summed E-state index contributed by atoms with van der Waals surface area (Å²) in [7, 11) is 1.24. The largest absolute Gasteiger partial charge is 0.478 e. The van der Waals surface area contributed by atoms with E-state index < -0.39 is 23.3 Å². The molecule has 0 saturated heterocycles. The molecule has 7 heteroatoms. The third-order valence-corrected chi connectivity index (χ3v) is 2.64. The summed E-state index contributed by atoms with van der Waals surface area (Å²) in [4.78, 5) is 25.9. The van der Waals surface area contributed by atoms with Crippen molar-refractivity contribution in [2.75, 3.05) is 12.4 Å². The maximum atomic E-state index is 13.6. The predicted octanol–water partition coefficient (Wildman–Crippen LogP) is 2.45. The molecule has 0 saturated carbocycles. The molecule has 1 heterocycles. The van der Waals surface area contributed by atoms with Crippen LogP contribution in [-0.4, -0.2) is 29.1 Å². The van der Waals surface area contributed by atoms with Crippen LogP contribution in [0.2, 0.25) is 0 Å². The van der Waals surface area contributed by atoms with Gasteiger partial charge in [0.1, 0.15) is 11.5 Å². The summed E-state index contributed by atoms with van der Waals surface area (Å²) in [6.45, 7) is 0. The number of rotatable bonds is 4. The van der Waals surface area contributed by atoms with Gasteiger partial charge in [0.05, 0.1) is 12.7 Å². The Hall–Kier alpha value is -2.96. The molecule has 2 N–H and O–H groups in total. The molecular formula is C14H11FN2O4. The Morgan fingerprint density at radius 1 is 1.24 bits per heavy atom. The molecule has 1 aromatic carbocycles. The highest BCUT2D eigenvalue weighted by atomic mass is 19.1. The number of halogens is 1. The Bertz CT molecular complexity index is 703. The highest BCUT2D eigenvalue weighted by Crippen LogP contribution is 2.20. The van der Waals surface area contributed by atoms with Crippen molar-refractivity contribution >= 4 is 23.3 Å². The van der Waals surface area contributed by atoms with E-state index in [9.17, 15) is 14.0 Å². The molecule has 0 aliphatic rings. The molecule has 0 amide bonds. The Balaban J connectivity index is 2.24. The summed E-state index contributed by atoms with van der Waals surface area (Å²) in [6, 6.07) is 6.65. The van der Waals surface area contributed by atoms with Crippen LogP contribution in [0.4, 0.5) is 15.8 Å². The van der Waals surface area contributed by atoms with Gasteiger partial charge < -0.3 is 15.2 Å². The second kappa shape index (κ2) is 6.00. The van der Waals surface area contributed by atoms with Crippen LogP contribution in [-0.2, 0) is 4.74 Å². The molecule has 108 valence electrons. The first kappa shape index (κ1) is 14.4. The summed E-state index contributed by atoms with van der Waals surface area (Å²) in [5.41, 5.74) is 0.531. The average molecular weight is 290 g/mol. The molecule has 0 radical (unpaired) electrons. The van der Waals surface area contributed by atoms with Gasteiger partial charge in [-0.05, 0) is 30.3 Å². The van der Waals surface area contributed by atoms with Gasteiger partial charge in [0.15, 0.2) is 0 Å². The van der Waals surface area contributed by atoms with E-state index in [2.05, 4.69) is 15.0 Å². The highest BCUT2D eigenvalue weighted by Gasteiger charge is 2.11. The zero-order valence-corrected chi connectivity index (χ0v) is 11.0. The fraction of sp³-hybridized carbons (Fsp3) is 0.0714. The van der Waals surface area contributed by atoms with Crippen molar-refractivity contribution in [1.29, 1.82) is 0 Å². The number of hydrogen-bond donors (Lipinski definition) is 2. The first-order valence-corrected chi connectivity index (χ1v) is 5.85. The smallest absolute Gasteiger partial charge is 0.356 e. The van der Waals surface area contributed by atoms with Gasteiger partial charge in [0.2, 0.25) is 0 Å². The topological polar surface area (TPSA) is 88.5 Å². The van der Waals surface area contributed by atoms with Crippen LogP contribution in [0.15, 0.2) is 36.5 Å². The van der Waals surface area contributed by atoms with Crippen molar-refractivity contribution in [3.8, 4) is 0 Å². The van der Waals surface area contributed by atoms with Crippen molar-refractivity contribution < 1.29 is 23.8 Å². The molecule has 0 spiro atoms. The number of aromatic carboxylic acids is 1. The van der Waals surface area contributed by atoms with Gasteiger partial charge in [-0.25, -0.2) is 19.0 Å². The maximum Gasteiger partial charge on any atom is 0.356 e. The molecule has 0 unspecified atom stereocenters. The fourth-order valence-corrected chi connectivity index (χ4v) is 1.66. The SMILES string of the molecule is COC(=O)c1cc(Nc2ccc(C(=O)O)c(F)c2)ccn1. The van der Waals surface area contributed by atoms with E-state index in [0.29, 0.717) is 11.4 Å². The van der Waals surface area contributed by atoms with Crippen LogP contribution in [0, 0.1) is 5.82 Å². The van der Waals surface area contributed by atoms with Crippen LogP contribution in [0.5, 0.6) is 0 Å². The lowest BCUT2D eigenvalue weighted by atomic mass is 10.2. The average Bonchev–Trinajstić information content (AvgIpc) is 2.46. The van der Waals surface area contributed by atoms with Crippen molar-refractivity contribution in [3.05, 3.63) is 53.6 Å². The minimum Gasteiger partial charge on any atom is -0.478 e. The summed E-state index contributed by atoms with van der Waals surface area (Å²) in [5.74, 6) is -2.78.